The molecule has 2 nitrogen and oxygen atoms in total. The van der Waals surface area contributed by atoms with E-state index >= 15 is 0 Å². The van der Waals surface area contributed by atoms with E-state index in [1.165, 1.54) is 0 Å². The van der Waals surface area contributed by atoms with Gasteiger partial charge in [-0.1, -0.05) is 30.3 Å². The van der Waals surface area contributed by atoms with Crippen molar-refractivity contribution in [1.29, 1.82) is 0 Å². The van der Waals surface area contributed by atoms with Gasteiger partial charge in [0.15, 0.2) is 0 Å². The van der Waals surface area contributed by atoms with E-state index in [9.17, 15) is 4.79 Å². The van der Waals surface area contributed by atoms with E-state index in [1.54, 1.807) is 6.20 Å². The van der Waals surface area contributed by atoms with Gasteiger partial charge in [-0.25, -0.2) is 0 Å². The van der Waals surface area contributed by atoms with Crippen LogP contribution in [0.2, 0.25) is 0 Å². The molecule has 2 heteroatoms. The minimum atomic E-state index is -0.0256. The summed E-state index contributed by atoms with van der Waals surface area (Å²) in [7, 11) is 0. The zero-order valence-electron chi connectivity index (χ0n) is 7.45. The highest BCUT2D eigenvalue weighted by Gasteiger charge is 2.23. The Labute approximate surface area is 77.3 Å². The number of hydrogen-bond donors (Lipinski definition) is 1. The molecule has 0 radical (unpaired) electrons. The van der Waals surface area contributed by atoms with Crippen molar-refractivity contribution in [3.63, 3.8) is 0 Å². The number of carbonyl (C=O) groups excluding carboxylic acids is 1. The van der Waals surface area contributed by atoms with Crippen LogP contribution in [0.4, 0.5) is 0 Å². The Morgan fingerprint density at radius 1 is 1.23 bits per heavy atom. The summed E-state index contributed by atoms with van der Waals surface area (Å²) in [6, 6.07) is 9.96. The monoisotopic (exact) mass is 173 g/mol. The van der Waals surface area contributed by atoms with E-state index < -0.39 is 0 Å². The molecule has 1 aliphatic rings. The largest absolute Gasteiger partial charge is 0.332 e. The molecule has 0 aromatic heterocycles. The Morgan fingerprint density at radius 3 is 2.46 bits per heavy atom. The van der Waals surface area contributed by atoms with Gasteiger partial charge in [0.2, 0.25) is 5.91 Å². The number of amides is 1. The van der Waals surface area contributed by atoms with Gasteiger partial charge in [0, 0.05) is 6.20 Å². The predicted molar refractivity (Wildman–Crippen MR) is 51.7 cm³/mol. The van der Waals surface area contributed by atoms with E-state index in [0.29, 0.717) is 0 Å². The first-order valence-electron chi connectivity index (χ1n) is 4.35. The molecule has 1 amide bonds. The first-order chi connectivity index (χ1) is 6.29. The Hall–Kier alpha value is -1.57. The number of carbonyl (C=O) groups is 1. The van der Waals surface area contributed by atoms with Crippen molar-refractivity contribution in [2.45, 2.75) is 6.92 Å². The summed E-state index contributed by atoms with van der Waals surface area (Å²) in [6.45, 7) is 1.92. The molecule has 66 valence electrons. The summed E-state index contributed by atoms with van der Waals surface area (Å²) in [6.07, 6.45) is 1.79. The number of benzene rings is 1. The molecule has 13 heavy (non-hydrogen) atoms. The number of hydrogen-bond acceptors (Lipinski definition) is 1. The van der Waals surface area contributed by atoms with Gasteiger partial charge in [0.1, 0.15) is 0 Å². The molecule has 2 rings (SSSR count). The van der Waals surface area contributed by atoms with Crippen molar-refractivity contribution in [1.82, 2.24) is 5.32 Å². The molecular weight excluding hydrogens is 162 g/mol. The molecule has 0 unspecified atom stereocenters. The second kappa shape index (κ2) is 3.05. The van der Waals surface area contributed by atoms with Crippen LogP contribution in [0.1, 0.15) is 12.5 Å². The highest BCUT2D eigenvalue weighted by Crippen LogP contribution is 2.25. The molecule has 0 spiro atoms. The zero-order chi connectivity index (χ0) is 9.26. The minimum Gasteiger partial charge on any atom is -0.332 e. The van der Waals surface area contributed by atoms with Gasteiger partial charge >= 0.3 is 0 Å². The SMILES string of the molecule is C[C@@H]1C(=O)NC=C1c1ccccc1. The second-order valence-electron chi connectivity index (χ2n) is 3.20. The molecular formula is C11H11NO. The normalized spacial score (nSPS) is 21.2. The molecule has 0 aliphatic carbocycles. The summed E-state index contributed by atoms with van der Waals surface area (Å²) >= 11 is 0. The molecule has 0 fully saturated rings. The third-order valence-electron chi connectivity index (χ3n) is 2.34. The first-order valence-corrected chi connectivity index (χ1v) is 4.35. The van der Waals surface area contributed by atoms with Gasteiger partial charge < -0.3 is 5.32 Å². The Kier molecular flexibility index (Phi) is 1.89. The average Bonchev–Trinajstić information content (AvgIpc) is 2.49. The summed E-state index contributed by atoms with van der Waals surface area (Å²) in [5.74, 6) is 0.0567. The fraction of sp³-hybridized carbons (Fsp3) is 0.182. The maximum Gasteiger partial charge on any atom is 0.231 e. The maximum absolute atomic E-state index is 11.2. The summed E-state index contributed by atoms with van der Waals surface area (Å²) < 4.78 is 0. The molecule has 1 N–H and O–H groups in total. The maximum atomic E-state index is 11.2. The lowest BCUT2D eigenvalue weighted by Crippen LogP contribution is -2.16. The molecule has 1 heterocycles. The van der Waals surface area contributed by atoms with Crippen molar-refractivity contribution < 1.29 is 4.79 Å². The minimum absolute atomic E-state index is 0.0256. The third-order valence-corrected chi connectivity index (χ3v) is 2.34. The van der Waals surface area contributed by atoms with E-state index in [4.69, 9.17) is 0 Å². The molecule has 1 aromatic carbocycles. The number of rotatable bonds is 1. The van der Waals surface area contributed by atoms with Crippen molar-refractivity contribution in [3.05, 3.63) is 42.1 Å². The molecule has 1 aromatic rings. The van der Waals surface area contributed by atoms with Crippen LogP contribution in [-0.2, 0) is 4.79 Å². The molecule has 0 saturated carbocycles. The molecule has 1 atom stereocenters. The lowest BCUT2D eigenvalue weighted by atomic mass is 9.97. The van der Waals surface area contributed by atoms with Crippen LogP contribution in [0.15, 0.2) is 36.5 Å². The van der Waals surface area contributed by atoms with E-state index in [-0.39, 0.29) is 11.8 Å². The van der Waals surface area contributed by atoms with Crippen molar-refractivity contribution in [2.24, 2.45) is 5.92 Å². The van der Waals surface area contributed by atoms with Crippen LogP contribution in [-0.4, -0.2) is 5.91 Å². The van der Waals surface area contributed by atoms with Gasteiger partial charge in [-0.15, -0.1) is 0 Å². The highest BCUT2D eigenvalue weighted by atomic mass is 16.2. The summed E-state index contributed by atoms with van der Waals surface area (Å²) in [5, 5.41) is 2.72. The molecule has 0 bridgehead atoms. The number of nitrogens with one attached hydrogen (secondary N) is 1. The summed E-state index contributed by atoms with van der Waals surface area (Å²) in [4.78, 5) is 11.2. The van der Waals surface area contributed by atoms with Crippen LogP contribution in [0.5, 0.6) is 0 Å². The average molecular weight is 173 g/mol. The summed E-state index contributed by atoms with van der Waals surface area (Å²) in [5.41, 5.74) is 2.19. The lowest BCUT2D eigenvalue weighted by Gasteiger charge is -2.05. The van der Waals surface area contributed by atoms with Crippen LogP contribution in [0.3, 0.4) is 0 Å². The second-order valence-corrected chi connectivity index (χ2v) is 3.20. The van der Waals surface area contributed by atoms with Gasteiger partial charge in [0.25, 0.3) is 0 Å². The van der Waals surface area contributed by atoms with Gasteiger partial charge in [-0.3, -0.25) is 4.79 Å². The van der Waals surface area contributed by atoms with E-state index in [1.807, 2.05) is 37.3 Å². The smallest absolute Gasteiger partial charge is 0.231 e. The van der Waals surface area contributed by atoms with Crippen LogP contribution >= 0.6 is 0 Å². The Bertz CT molecular complexity index is 354. The van der Waals surface area contributed by atoms with Gasteiger partial charge in [-0.2, -0.15) is 0 Å². The predicted octanol–water partition coefficient (Wildman–Crippen LogP) is 1.79. The van der Waals surface area contributed by atoms with Crippen molar-refractivity contribution >= 4 is 11.5 Å². The standard InChI is InChI=1S/C11H11NO/c1-8-10(7-12-11(8)13)9-5-3-2-4-6-9/h2-8H,1H3,(H,12,13)/t8-/m0/s1. The fourth-order valence-electron chi connectivity index (χ4n) is 1.50. The van der Waals surface area contributed by atoms with Crippen LogP contribution in [0.25, 0.3) is 5.57 Å². The van der Waals surface area contributed by atoms with E-state index in [0.717, 1.165) is 11.1 Å². The fourth-order valence-corrected chi connectivity index (χ4v) is 1.50. The van der Waals surface area contributed by atoms with E-state index in [2.05, 4.69) is 5.32 Å². The third kappa shape index (κ3) is 1.35. The zero-order valence-corrected chi connectivity index (χ0v) is 7.45. The van der Waals surface area contributed by atoms with Crippen LogP contribution < -0.4 is 5.32 Å². The Balaban J connectivity index is 2.34. The van der Waals surface area contributed by atoms with Crippen molar-refractivity contribution in [3.8, 4) is 0 Å². The first kappa shape index (κ1) is 8.05. The quantitative estimate of drug-likeness (QED) is 0.689. The highest BCUT2D eigenvalue weighted by molar-refractivity contribution is 5.97. The molecule has 1 aliphatic heterocycles. The topological polar surface area (TPSA) is 29.1 Å². The molecule has 0 saturated heterocycles. The van der Waals surface area contributed by atoms with Crippen LogP contribution in [0, 0.1) is 5.92 Å². The Morgan fingerprint density at radius 2 is 1.92 bits per heavy atom. The lowest BCUT2D eigenvalue weighted by molar-refractivity contribution is -0.121. The van der Waals surface area contributed by atoms with Gasteiger partial charge in [0.05, 0.1) is 5.92 Å². The van der Waals surface area contributed by atoms with Crippen molar-refractivity contribution in [2.75, 3.05) is 0 Å². The van der Waals surface area contributed by atoms with Gasteiger partial charge in [-0.05, 0) is 18.1 Å².